The SMILES string of the molecule is CC(=O)C(=O)O.CCC(=O)SCCNC(=O)CCNC(=O)[C@H](O)C(C)(C)COP(=O)(O)OP(=O)(O)OC[C@H]1O[C@@H](n2cnc3c(N)ncnc32)[C@H](O)[C@@H]1OP(=O)(O)O. The largest absolute Gasteiger partial charge is 0.481 e. The standard InChI is InChI=1S/C24H40N7O17P3S.C3H4O3/c1-4-15(33)52-8-7-26-14(32)5-6-27-22(36)19(35)24(2,3)10-45-51(42,43)48-50(40,41)44-9-13-18(47-49(37,38)39)17(34)23(46-13)31-12-30-16-20(25)28-11-29-21(16)31;1-2(4)3(5)6/h11-13,17-19,23,34-35H,4-10H2,1-3H3,(H,26,32)(H,27,36)(H,40,41)(H,42,43)(H2,25,28,29)(H2,37,38,39);1H3,(H,5,6)/t13-,17-,18-,19+,23-;/m1./s1. The Bertz CT molecular complexity index is 1920. The van der Waals surface area contributed by atoms with E-state index in [-0.39, 0.29) is 41.6 Å². The van der Waals surface area contributed by atoms with Gasteiger partial charge in [0.2, 0.25) is 17.6 Å². The van der Waals surface area contributed by atoms with Gasteiger partial charge >= 0.3 is 29.4 Å². The van der Waals surface area contributed by atoms with Crippen LogP contribution in [0.2, 0.25) is 0 Å². The molecule has 27 nitrogen and oxygen atoms in total. The number of aliphatic hydroxyl groups is 2. The first-order chi connectivity index (χ1) is 26.7. The molecule has 11 N–H and O–H groups in total. The van der Waals surface area contributed by atoms with Crippen LogP contribution in [-0.2, 0) is 60.3 Å². The van der Waals surface area contributed by atoms with Crippen LogP contribution in [0.1, 0.15) is 46.8 Å². The minimum atomic E-state index is -5.56. The highest BCUT2D eigenvalue weighted by atomic mass is 32.2. The zero-order valence-electron chi connectivity index (χ0n) is 31.0. The monoisotopic (exact) mass is 911 g/mol. The van der Waals surface area contributed by atoms with Crippen LogP contribution in [0.25, 0.3) is 11.2 Å². The van der Waals surface area contributed by atoms with E-state index in [1.54, 1.807) is 6.92 Å². The number of anilines is 1. The number of rotatable bonds is 21. The average molecular weight is 912 g/mol. The normalized spacial score (nSPS) is 20.9. The molecule has 58 heavy (non-hydrogen) atoms. The summed E-state index contributed by atoms with van der Waals surface area (Å²) in [6, 6.07) is 0. The fourth-order valence-corrected chi connectivity index (χ4v) is 7.86. The van der Waals surface area contributed by atoms with Gasteiger partial charge in [-0.2, -0.15) is 4.31 Å². The summed E-state index contributed by atoms with van der Waals surface area (Å²) >= 11 is 1.07. The van der Waals surface area contributed by atoms with Crippen molar-refractivity contribution in [3.05, 3.63) is 12.7 Å². The second-order valence-electron chi connectivity index (χ2n) is 12.5. The fraction of sp³-hybridized carbons (Fsp3) is 0.630. The Kier molecular flexibility index (Phi) is 19.1. The summed E-state index contributed by atoms with van der Waals surface area (Å²) in [7, 11) is -16.4. The molecule has 2 aromatic rings. The second kappa shape index (κ2) is 21.8. The van der Waals surface area contributed by atoms with E-state index in [4.69, 9.17) is 24.6 Å². The second-order valence-corrected chi connectivity index (χ2v) is 17.9. The van der Waals surface area contributed by atoms with E-state index in [1.807, 2.05) is 0 Å². The maximum atomic E-state index is 12.6. The number of thioether (sulfide) groups is 1. The number of aliphatic hydroxyl groups excluding tert-OH is 2. The molecule has 1 saturated heterocycles. The van der Waals surface area contributed by atoms with Crippen molar-refractivity contribution in [1.29, 1.82) is 0 Å². The predicted molar refractivity (Wildman–Crippen MR) is 196 cm³/mol. The Morgan fingerprint density at radius 3 is 2.24 bits per heavy atom. The molecule has 2 amide bonds. The molecule has 0 aliphatic carbocycles. The van der Waals surface area contributed by atoms with E-state index in [2.05, 4.69) is 34.4 Å². The molecule has 328 valence electrons. The van der Waals surface area contributed by atoms with Gasteiger partial charge in [-0.05, 0) is 0 Å². The smallest absolute Gasteiger partial charge is 0.476 e. The van der Waals surface area contributed by atoms with Crippen molar-refractivity contribution >= 4 is 80.9 Å². The molecular weight excluding hydrogens is 867 g/mol. The van der Waals surface area contributed by atoms with E-state index in [0.29, 0.717) is 12.2 Å². The van der Waals surface area contributed by atoms with Crippen molar-refractivity contribution in [2.24, 2.45) is 5.41 Å². The molecule has 1 aliphatic rings. The number of phosphoric acid groups is 3. The topological polar surface area (TPSA) is 418 Å². The molecule has 0 saturated carbocycles. The number of nitrogens with zero attached hydrogens (tertiary/aromatic N) is 4. The van der Waals surface area contributed by atoms with E-state index in [9.17, 15) is 67.5 Å². The Morgan fingerprint density at radius 1 is 1.03 bits per heavy atom. The number of fused-ring (bicyclic) bond motifs is 1. The summed E-state index contributed by atoms with van der Waals surface area (Å²) in [6.45, 7) is 3.24. The first kappa shape index (κ1) is 50.8. The van der Waals surface area contributed by atoms with Gasteiger partial charge in [-0.25, -0.2) is 33.4 Å². The number of aromatic nitrogens is 4. The van der Waals surface area contributed by atoms with Gasteiger partial charge in [-0.3, -0.25) is 37.3 Å². The third kappa shape index (κ3) is 16.4. The van der Waals surface area contributed by atoms with Crippen LogP contribution in [-0.4, -0.2) is 140 Å². The van der Waals surface area contributed by atoms with Crippen LogP contribution < -0.4 is 16.4 Å². The maximum Gasteiger partial charge on any atom is 0.481 e. The van der Waals surface area contributed by atoms with E-state index < -0.39 is 96.3 Å². The van der Waals surface area contributed by atoms with Crippen LogP contribution in [0, 0.1) is 5.41 Å². The molecular formula is C27H44N7O20P3S. The Labute approximate surface area is 332 Å². The zero-order valence-corrected chi connectivity index (χ0v) is 34.5. The van der Waals surface area contributed by atoms with E-state index in [0.717, 1.165) is 35.9 Å². The molecule has 31 heteroatoms. The molecule has 2 unspecified atom stereocenters. The molecule has 7 atom stereocenters. The van der Waals surface area contributed by atoms with Crippen LogP contribution in [0.15, 0.2) is 12.7 Å². The number of ether oxygens (including phenoxy) is 1. The summed E-state index contributed by atoms with van der Waals surface area (Å²) in [5, 5.41) is 33.8. The fourth-order valence-electron chi connectivity index (χ4n) is 4.40. The van der Waals surface area contributed by atoms with Crippen molar-refractivity contribution in [3.63, 3.8) is 0 Å². The van der Waals surface area contributed by atoms with Gasteiger partial charge in [0.05, 0.1) is 19.5 Å². The highest BCUT2D eigenvalue weighted by molar-refractivity contribution is 8.13. The highest BCUT2D eigenvalue weighted by Gasteiger charge is 2.50. The lowest BCUT2D eigenvalue weighted by Crippen LogP contribution is -2.46. The van der Waals surface area contributed by atoms with Gasteiger partial charge in [0, 0.05) is 44.0 Å². The zero-order chi connectivity index (χ0) is 44.2. The van der Waals surface area contributed by atoms with Crippen LogP contribution in [0.3, 0.4) is 0 Å². The third-order valence-electron chi connectivity index (χ3n) is 7.35. The number of amides is 2. The number of carboxylic acid groups (broad SMARTS) is 1. The summed E-state index contributed by atoms with van der Waals surface area (Å²) in [6.07, 6.45) is -6.52. The molecule has 0 spiro atoms. The molecule has 1 fully saturated rings. The Morgan fingerprint density at radius 2 is 1.66 bits per heavy atom. The Balaban J connectivity index is 0.00000179. The lowest BCUT2D eigenvalue weighted by atomic mass is 9.87. The Hall–Kier alpha value is -3.30. The van der Waals surface area contributed by atoms with Gasteiger partial charge in [-0.15, -0.1) is 0 Å². The number of Topliss-reactive ketones (excluding diaryl/α,β-unsaturated/α-hetero) is 1. The number of nitrogens with two attached hydrogens (primary N) is 1. The summed E-state index contributed by atoms with van der Waals surface area (Å²) < 4.78 is 61.9. The molecule has 1 aliphatic heterocycles. The molecule has 0 bridgehead atoms. The third-order valence-corrected chi connectivity index (χ3v) is 11.5. The van der Waals surface area contributed by atoms with Gasteiger partial charge in [0.15, 0.2) is 22.8 Å². The van der Waals surface area contributed by atoms with Crippen molar-refractivity contribution in [2.45, 2.75) is 71.2 Å². The maximum absolute atomic E-state index is 12.6. The number of imidazole rings is 1. The number of hydrogen-bond donors (Lipinski definition) is 10. The van der Waals surface area contributed by atoms with Crippen molar-refractivity contribution < 1.29 is 95.2 Å². The molecule has 0 radical (unpaired) electrons. The number of ketones is 1. The number of hydrogen-bond acceptors (Lipinski definition) is 20. The van der Waals surface area contributed by atoms with E-state index in [1.165, 1.54) is 13.8 Å². The van der Waals surface area contributed by atoms with Crippen LogP contribution in [0.4, 0.5) is 5.82 Å². The molecule has 3 heterocycles. The number of nitrogens with one attached hydrogen (secondary N) is 2. The van der Waals surface area contributed by atoms with Gasteiger partial charge < -0.3 is 56.0 Å². The lowest BCUT2D eigenvalue weighted by Gasteiger charge is -2.30. The highest BCUT2D eigenvalue weighted by Crippen LogP contribution is 2.61. The number of nitrogen functional groups attached to an aromatic ring is 1. The summed E-state index contributed by atoms with van der Waals surface area (Å²) in [5.74, 6) is -3.27. The summed E-state index contributed by atoms with van der Waals surface area (Å²) in [5.41, 5.74) is 4.26. The van der Waals surface area contributed by atoms with Gasteiger partial charge in [0.25, 0.3) is 0 Å². The quantitative estimate of drug-likeness (QED) is 0.0397. The first-order valence-electron chi connectivity index (χ1n) is 16.5. The van der Waals surface area contributed by atoms with Gasteiger partial charge in [-0.1, -0.05) is 32.5 Å². The average Bonchev–Trinajstić information content (AvgIpc) is 3.68. The number of aliphatic carboxylic acids is 1. The van der Waals surface area contributed by atoms with Crippen molar-refractivity contribution in [1.82, 2.24) is 30.2 Å². The number of phosphoric ester groups is 3. The van der Waals surface area contributed by atoms with E-state index >= 15 is 0 Å². The van der Waals surface area contributed by atoms with Crippen LogP contribution in [0.5, 0.6) is 0 Å². The number of carbonyl (C=O) groups excluding carboxylic acids is 4. The summed E-state index contributed by atoms with van der Waals surface area (Å²) in [4.78, 5) is 105. The lowest BCUT2D eigenvalue weighted by molar-refractivity contribution is -0.148. The van der Waals surface area contributed by atoms with Crippen molar-refractivity contribution in [2.75, 3.05) is 37.8 Å². The predicted octanol–water partition coefficient (Wildman–Crippen LogP) is -1.27. The molecule has 3 rings (SSSR count). The number of carboxylic acids is 1. The minimum absolute atomic E-state index is 0.0221. The molecule has 0 aromatic carbocycles. The number of carbonyl (C=O) groups is 5. The minimum Gasteiger partial charge on any atom is -0.476 e. The molecule has 2 aromatic heterocycles. The first-order valence-corrected chi connectivity index (χ1v) is 22.0. The van der Waals surface area contributed by atoms with Crippen LogP contribution >= 0.6 is 35.2 Å². The van der Waals surface area contributed by atoms with Crippen molar-refractivity contribution in [3.8, 4) is 0 Å². The van der Waals surface area contributed by atoms with Gasteiger partial charge in [0.1, 0.15) is 36.3 Å².